The molecule has 0 saturated carbocycles. The molecule has 4 heteroatoms. The van der Waals surface area contributed by atoms with E-state index in [0.717, 1.165) is 12.8 Å². The molecule has 0 aliphatic carbocycles. The van der Waals surface area contributed by atoms with Crippen LogP contribution in [0.4, 0.5) is 0 Å². The van der Waals surface area contributed by atoms with E-state index in [1.54, 1.807) is 0 Å². The number of aliphatic hydroxyl groups is 1. The molecule has 0 radical (unpaired) electrons. The number of Topliss-reactive ketones (excluding diaryl/α,β-unsaturated/α-hetero) is 1. The van der Waals surface area contributed by atoms with Gasteiger partial charge in [-0.05, 0) is 6.42 Å². The summed E-state index contributed by atoms with van der Waals surface area (Å²) in [7, 11) is 0. The van der Waals surface area contributed by atoms with Crippen molar-refractivity contribution in [3.8, 4) is 0 Å². The average molecular weight is 336 g/mol. The molecule has 134 valence electrons. The fourth-order valence-electron chi connectivity index (χ4n) is 2.60. The molecular weight excluding hydrogens is 298 g/mol. The van der Waals surface area contributed by atoms with Crippen molar-refractivity contribution >= 4 is 18.2 Å². The van der Waals surface area contributed by atoms with Crippen LogP contribution in [-0.4, -0.2) is 23.5 Å². The Hall–Kier alpha value is -0.120. The zero-order valence-corrected chi connectivity index (χ0v) is 15.3. The van der Waals surface area contributed by atoms with Gasteiger partial charge in [0.2, 0.25) is 0 Å². The summed E-state index contributed by atoms with van der Waals surface area (Å²) in [5, 5.41) is 8.76. The number of halogens is 1. The minimum absolute atomic E-state index is 0. The van der Waals surface area contributed by atoms with Gasteiger partial charge in [0.15, 0.2) is 5.78 Å². The molecule has 0 bridgehead atoms. The Bertz CT molecular complexity index is 237. The second-order valence-electron chi connectivity index (χ2n) is 6.25. The summed E-state index contributed by atoms with van der Waals surface area (Å²) in [5.41, 5.74) is 5.46. The highest BCUT2D eigenvalue weighted by Crippen LogP contribution is 2.13. The summed E-state index contributed by atoms with van der Waals surface area (Å²) < 4.78 is 0. The minimum atomic E-state index is -0.665. The average Bonchev–Trinajstić information content (AvgIpc) is 2.50. The van der Waals surface area contributed by atoms with Crippen LogP contribution >= 0.6 is 12.4 Å². The van der Waals surface area contributed by atoms with Gasteiger partial charge in [0.1, 0.15) is 0 Å². The first kappa shape index (κ1) is 24.1. The van der Waals surface area contributed by atoms with Gasteiger partial charge in [0, 0.05) is 6.42 Å². The normalized spacial score (nSPS) is 12.0. The Morgan fingerprint density at radius 2 is 1.18 bits per heavy atom. The summed E-state index contributed by atoms with van der Waals surface area (Å²) >= 11 is 0. The smallest absolute Gasteiger partial charge is 0.151 e. The van der Waals surface area contributed by atoms with Gasteiger partial charge in [-0.25, -0.2) is 0 Å². The Balaban J connectivity index is 0. The van der Waals surface area contributed by atoms with Crippen molar-refractivity contribution in [2.24, 2.45) is 5.73 Å². The Kier molecular flexibility index (Phi) is 20.8. The first-order chi connectivity index (χ1) is 10.2. The van der Waals surface area contributed by atoms with Crippen LogP contribution in [0.25, 0.3) is 0 Å². The third-order valence-electron chi connectivity index (χ3n) is 4.14. The van der Waals surface area contributed by atoms with Crippen molar-refractivity contribution in [2.45, 2.75) is 103 Å². The predicted molar refractivity (Wildman–Crippen MR) is 97.6 cm³/mol. The number of carbonyl (C=O) groups excluding carboxylic acids is 1. The number of nitrogens with two attached hydrogens (primary N) is 1. The second kappa shape index (κ2) is 18.9. The molecule has 0 aromatic rings. The van der Waals surface area contributed by atoms with Crippen LogP contribution in [0.3, 0.4) is 0 Å². The molecule has 3 N–H and O–H groups in total. The number of hydrogen-bond donors (Lipinski definition) is 2. The van der Waals surface area contributed by atoms with Gasteiger partial charge in [0.05, 0.1) is 12.6 Å². The van der Waals surface area contributed by atoms with E-state index in [-0.39, 0.29) is 24.8 Å². The molecule has 1 atom stereocenters. The van der Waals surface area contributed by atoms with E-state index < -0.39 is 6.04 Å². The number of aliphatic hydroxyl groups excluding tert-OH is 1. The van der Waals surface area contributed by atoms with Crippen LogP contribution in [0.5, 0.6) is 0 Å². The Morgan fingerprint density at radius 3 is 1.55 bits per heavy atom. The molecule has 22 heavy (non-hydrogen) atoms. The van der Waals surface area contributed by atoms with E-state index in [1.165, 1.54) is 70.6 Å². The summed E-state index contributed by atoms with van der Waals surface area (Å²) in [6.07, 6.45) is 17.5. The lowest BCUT2D eigenvalue weighted by molar-refractivity contribution is -0.121. The summed E-state index contributed by atoms with van der Waals surface area (Å²) in [6.45, 7) is 2.04. The number of unbranched alkanes of at least 4 members (excludes halogenated alkanes) is 12. The van der Waals surface area contributed by atoms with Crippen LogP contribution in [0.2, 0.25) is 0 Å². The van der Waals surface area contributed by atoms with Gasteiger partial charge in [-0.1, -0.05) is 84.0 Å². The van der Waals surface area contributed by atoms with Crippen molar-refractivity contribution in [3.63, 3.8) is 0 Å². The van der Waals surface area contributed by atoms with E-state index in [0.29, 0.717) is 6.42 Å². The van der Waals surface area contributed by atoms with Crippen LogP contribution < -0.4 is 5.73 Å². The van der Waals surface area contributed by atoms with E-state index >= 15 is 0 Å². The lowest BCUT2D eigenvalue weighted by Gasteiger charge is -2.06. The van der Waals surface area contributed by atoms with E-state index in [1.807, 2.05) is 0 Å². The maximum absolute atomic E-state index is 11.4. The van der Waals surface area contributed by atoms with Crippen LogP contribution in [0.1, 0.15) is 96.8 Å². The molecule has 0 aromatic carbocycles. The summed E-state index contributed by atoms with van der Waals surface area (Å²) in [5.74, 6) is 0.000531. The standard InChI is InChI=1S/C18H37NO2.ClH/c1-2-3-4-5-6-7-8-9-10-11-12-13-14-15-18(21)17(19)16-20;/h17,20H,2-16,19H2,1H3;1H. The highest BCUT2D eigenvalue weighted by Gasteiger charge is 2.10. The van der Waals surface area contributed by atoms with Crippen molar-refractivity contribution in [3.05, 3.63) is 0 Å². The summed E-state index contributed by atoms with van der Waals surface area (Å²) in [4.78, 5) is 11.4. The Labute approximate surface area is 143 Å². The first-order valence-corrected chi connectivity index (χ1v) is 9.11. The number of carbonyl (C=O) groups is 1. The molecule has 3 nitrogen and oxygen atoms in total. The molecule has 0 aliphatic heterocycles. The van der Waals surface area contributed by atoms with Gasteiger partial charge in [-0.2, -0.15) is 0 Å². The van der Waals surface area contributed by atoms with Gasteiger partial charge >= 0.3 is 0 Å². The molecule has 0 aliphatic rings. The maximum Gasteiger partial charge on any atom is 0.151 e. The fourth-order valence-corrected chi connectivity index (χ4v) is 2.60. The third kappa shape index (κ3) is 16.3. The molecule has 0 heterocycles. The molecule has 0 saturated heterocycles. The number of hydrogen-bond acceptors (Lipinski definition) is 3. The van der Waals surface area contributed by atoms with E-state index in [4.69, 9.17) is 10.8 Å². The van der Waals surface area contributed by atoms with Crippen molar-refractivity contribution in [1.82, 2.24) is 0 Å². The SMILES string of the molecule is CCCCCCCCCCCCCCCC(=O)C(N)CO.Cl. The van der Waals surface area contributed by atoms with Crippen molar-refractivity contribution in [1.29, 1.82) is 0 Å². The van der Waals surface area contributed by atoms with Crippen molar-refractivity contribution in [2.75, 3.05) is 6.61 Å². The predicted octanol–water partition coefficient (Wildman–Crippen LogP) is 4.78. The van der Waals surface area contributed by atoms with Crippen LogP contribution in [0, 0.1) is 0 Å². The van der Waals surface area contributed by atoms with E-state index in [2.05, 4.69) is 6.92 Å². The molecule has 1 unspecified atom stereocenters. The number of rotatable bonds is 16. The lowest BCUT2D eigenvalue weighted by atomic mass is 10.0. The number of ketones is 1. The maximum atomic E-state index is 11.4. The van der Waals surface area contributed by atoms with Gasteiger partial charge in [0.25, 0.3) is 0 Å². The highest BCUT2D eigenvalue weighted by molar-refractivity contribution is 5.85. The second-order valence-corrected chi connectivity index (χ2v) is 6.25. The molecular formula is C18H38ClNO2. The van der Waals surface area contributed by atoms with Crippen LogP contribution in [-0.2, 0) is 4.79 Å². The van der Waals surface area contributed by atoms with E-state index in [9.17, 15) is 4.79 Å². The Morgan fingerprint density at radius 1 is 0.818 bits per heavy atom. The largest absolute Gasteiger partial charge is 0.394 e. The quantitative estimate of drug-likeness (QED) is 0.399. The van der Waals surface area contributed by atoms with Gasteiger partial charge < -0.3 is 10.8 Å². The topological polar surface area (TPSA) is 63.3 Å². The third-order valence-corrected chi connectivity index (χ3v) is 4.14. The molecule has 0 aromatic heterocycles. The van der Waals surface area contributed by atoms with Crippen LogP contribution in [0.15, 0.2) is 0 Å². The summed E-state index contributed by atoms with van der Waals surface area (Å²) in [6, 6.07) is -0.665. The first-order valence-electron chi connectivity index (χ1n) is 9.11. The fraction of sp³-hybridized carbons (Fsp3) is 0.944. The monoisotopic (exact) mass is 335 g/mol. The molecule has 0 amide bonds. The molecule has 0 spiro atoms. The zero-order valence-electron chi connectivity index (χ0n) is 14.5. The molecule has 0 rings (SSSR count). The highest BCUT2D eigenvalue weighted by atomic mass is 35.5. The molecule has 0 fully saturated rings. The minimum Gasteiger partial charge on any atom is -0.394 e. The van der Waals surface area contributed by atoms with Gasteiger partial charge in [-0.15, -0.1) is 12.4 Å². The lowest BCUT2D eigenvalue weighted by Crippen LogP contribution is -2.33. The van der Waals surface area contributed by atoms with Crippen molar-refractivity contribution < 1.29 is 9.90 Å². The zero-order chi connectivity index (χ0) is 15.8. The van der Waals surface area contributed by atoms with Gasteiger partial charge in [-0.3, -0.25) is 4.79 Å².